The van der Waals surface area contributed by atoms with Gasteiger partial charge in [-0.2, -0.15) is 0 Å². The van der Waals surface area contributed by atoms with E-state index in [1.807, 2.05) is 24.8 Å². The Morgan fingerprint density at radius 1 is 1.72 bits per heavy atom. The van der Waals surface area contributed by atoms with Crippen molar-refractivity contribution in [2.45, 2.75) is 39.2 Å². The van der Waals surface area contributed by atoms with E-state index >= 15 is 0 Å². The fourth-order valence-corrected chi connectivity index (χ4v) is 2.52. The lowest BCUT2D eigenvalue weighted by Gasteiger charge is -2.25. The van der Waals surface area contributed by atoms with Gasteiger partial charge in [0.15, 0.2) is 5.76 Å². The standard InChI is InChI=1S/C13H21N3O2/c1-9(5-6-14)13(17)16-7-3-4-11(16)12-8-10(2)15-18-12/h8-9,11H,3-7,14H2,1-2H3. The summed E-state index contributed by atoms with van der Waals surface area (Å²) in [4.78, 5) is 14.3. The zero-order chi connectivity index (χ0) is 13.1. The van der Waals surface area contributed by atoms with E-state index in [-0.39, 0.29) is 17.9 Å². The first-order chi connectivity index (χ1) is 8.63. The van der Waals surface area contributed by atoms with Gasteiger partial charge in [0, 0.05) is 18.5 Å². The van der Waals surface area contributed by atoms with E-state index in [0.29, 0.717) is 6.54 Å². The molecule has 0 bridgehead atoms. The highest BCUT2D eigenvalue weighted by Crippen LogP contribution is 2.33. The minimum Gasteiger partial charge on any atom is -0.359 e. The van der Waals surface area contributed by atoms with Crippen molar-refractivity contribution in [1.29, 1.82) is 0 Å². The van der Waals surface area contributed by atoms with E-state index in [0.717, 1.165) is 37.3 Å². The summed E-state index contributed by atoms with van der Waals surface area (Å²) in [7, 11) is 0. The number of nitrogens with zero attached hydrogens (tertiary/aromatic N) is 2. The highest BCUT2D eigenvalue weighted by molar-refractivity contribution is 5.79. The van der Waals surface area contributed by atoms with Gasteiger partial charge in [-0.15, -0.1) is 0 Å². The monoisotopic (exact) mass is 251 g/mol. The van der Waals surface area contributed by atoms with E-state index < -0.39 is 0 Å². The van der Waals surface area contributed by atoms with Crippen LogP contribution in [0.1, 0.15) is 43.7 Å². The molecule has 1 aromatic rings. The molecule has 0 saturated carbocycles. The molecule has 5 nitrogen and oxygen atoms in total. The SMILES string of the molecule is Cc1cc(C2CCCN2C(=O)C(C)CCN)on1. The van der Waals surface area contributed by atoms with Gasteiger partial charge in [-0.3, -0.25) is 4.79 Å². The van der Waals surface area contributed by atoms with Gasteiger partial charge in [0.05, 0.1) is 11.7 Å². The van der Waals surface area contributed by atoms with Gasteiger partial charge >= 0.3 is 0 Å². The van der Waals surface area contributed by atoms with Crippen LogP contribution >= 0.6 is 0 Å². The molecule has 2 heterocycles. The number of hydrogen-bond acceptors (Lipinski definition) is 4. The summed E-state index contributed by atoms with van der Waals surface area (Å²) >= 11 is 0. The topological polar surface area (TPSA) is 72.4 Å². The van der Waals surface area contributed by atoms with Crippen LogP contribution in [0.15, 0.2) is 10.6 Å². The van der Waals surface area contributed by atoms with Crippen molar-refractivity contribution in [3.05, 3.63) is 17.5 Å². The van der Waals surface area contributed by atoms with Crippen molar-refractivity contribution in [2.75, 3.05) is 13.1 Å². The van der Waals surface area contributed by atoms with Gasteiger partial charge < -0.3 is 15.2 Å². The second-order valence-electron chi connectivity index (χ2n) is 5.04. The van der Waals surface area contributed by atoms with Crippen LogP contribution in [0, 0.1) is 12.8 Å². The Morgan fingerprint density at radius 2 is 2.50 bits per heavy atom. The molecular weight excluding hydrogens is 230 g/mol. The molecule has 0 spiro atoms. The van der Waals surface area contributed by atoms with E-state index in [9.17, 15) is 4.79 Å². The summed E-state index contributed by atoms with van der Waals surface area (Å²) in [6.07, 6.45) is 2.71. The Morgan fingerprint density at radius 3 is 3.11 bits per heavy atom. The van der Waals surface area contributed by atoms with Crippen LogP contribution in [0.4, 0.5) is 0 Å². The molecule has 0 radical (unpaired) electrons. The highest BCUT2D eigenvalue weighted by atomic mass is 16.5. The maximum Gasteiger partial charge on any atom is 0.226 e. The van der Waals surface area contributed by atoms with E-state index in [1.165, 1.54) is 0 Å². The second kappa shape index (κ2) is 5.52. The molecule has 5 heteroatoms. The molecule has 2 atom stereocenters. The molecule has 1 fully saturated rings. The van der Waals surface area contributed by atoms with Gasteiger partial charge in [-0.1, -0.05) is 12.1 Å². The normalized spacial score (nSPS) is 21.3. The Bertz CT molecular complexity index is 416. The number of carbonyl (C=O) groups excluding carboxylic acids is 1. The molecule has 0 aromatic carbocycles. The summed E-state index contributed by atoms with van der Waals surface area (Å²) in [6.45, 7) is 5.19. The quantitative estimate of drug-likeness (QED) is 0.882. The molecule has 2 unspecified atom stereocenters. The van der Waals surface area contributed by atoms with Crippen molar-refractivity contribution >= 4 is 5.91 Å². The highest BCUT2D eigenvalue weighted by Gasteiger charge is 2.34. The summed E-state index contributed by atoms with van der Waals surface area (Å²) in [5.74, 6) is 0.968. The van der Waals surface area contributed by atoms with Crippen LogP contribution in [0.2, 0.25) is 0 Å². The van der Waals surface area contributed by atoms with Crippen molar-refractivity contribution < 1.29 is 9.32 Å². The first kappa shape index (κ1) is 13.1. The Kier molecular flexibility index (Phi) is 4.01. The number of aromatic nitrogens is 1. The predicted octanol–water partition coefficient (Wildman–Crippen LogP) is 1.63. The van der Waals surface area contributed by atoms with E-state index in [4.69, 9.17) is 10.3 Å². The molecule has 2 rings (SSSR count). The Labute approximate surface area is 107 Å². The second-order valence-corrected chi connectivity index (χ2v) is 5.04. The number of hydrogen-bond donors (Lipinski definition) is 1. The molecule has 2 N–H and O–H groups in total. The van der Waals surface area contributed by atoms with Crippen LogP contribution in [0.3, 0.4) is 0 Å². The van der Waals surface area contributed by atoms with Crippen LogP contribution < -0.4 is 5.73 Å². The van der Waals surface area contributed by atoms with Crippen LogP contribution in [-0.2, 0) is 4.79 Å². The minimum atomic E-state index is -0.0142. The number of nitrogens with two attached hydrogens (primary N) is 1. The molecule has 18 heavy (non-hydrogen) atoms. The van der Waals surface area contributed by atoms with Gasteiger partial charge in [0.25, 0.3) is 0 Å². The third-order valence-electron chi connectivity index (χ3n) is 3.53. The van der Waals surface area contributed by atoms with Crippen LogP contribution in [0.25, 0.3) is 0 Å². The summed E-state index contributed by atoms with van der Waals surface area (Å²) in [6, 6.07) is 1.98. The van der Waals surface area contributed by atoms with Gasteiger partial charge in [0.2, 0.25) is 5.91 Å². The lowest BCUT2D eigenvalue weighted by Crippen LogP contribution is -2.35. The van der Waals surface area contributed by atoms with Crippen molar-refractivity contribution in [2.24, 2.45) is 11.7 Å². The van der Waals surface area contributed by atoms with Crippen molar-refractivity contribution in [3.63, 3.8) is 0 Å². The predicted molar refractivity (Wildman–Crippen MR) is 67.8 cm³/mol. The Balaban J connectivity index is 2.10. The van der Waals surface area contributed by atoms with Crippen LogP contribution in [-0.4, -0.2) is 29.1 Å². The van der Waals surface area contributed by atoms with Crippen molar-refractivity contribution in [1.82, 2.24) is 10.1 Å². The lowest BCUT2D eigenvalue weighted by atomic mass is 10.1. The lowest BCUT2D eigenvalue weighted by molar-refractivity contribution is -0.136. The van der Waals surface area contributed by atoms with E-state index in [1.54, 1.807) is 0 Å². The smallest absolute Gasteiger partial charge is 0.226 e. The van der Waals surface area contributed by atoms with E-state index in [2.05, 4.69) is 5.16 Å². The molecule has 1 saturated heterocycles. The third-order valence-corrected chi connectivity index (χ3v) is 3.53. The fraction of sp³-hybridized carbons (Fsp3) is 0.692. The molecular formula is C13H21N3O2. The largest absolute Gasteiger partial charge is 0.359 e. The van der Waals surface area contributed by atoms with Crippen molar-refractivity contribution in [3.8, 4) is 0 Å². The zero-order valence-electron chi connectivity index (χ0n) is 11.1. The number of carbonyl (C=O) groups is 1. The maximum absolute atomic E-state index is 12.3. The summed E-state index contributed by atoms with van der Waals surface area (Å²) in [5, 5.41) is 3.90. The molecule has 1 aliphatic heterocycles. The molecule has 1 aromatic heterocycles. The minimum absolute atomic E-state index is 0.0142. The molecule has 1 amide bonds. The number of aryl methyl sites for hydroxylation is 1. The molecule has 0 aliphatic carbocycles. The molecule has 100 valence electrons. The summed E-state index contributed by atoms with van der Waals surface area (Å²) in [5.41, 5.74) is 6.38. The fourth-order valence-electron chi connectivity index (χ4n) is 2.52. The van der Waals surface area contributed by atoms with Gasteiger partial charge in [-0.05, 0) is 32.7 Å². The first-order valence-corrected chi connectivity index (χ1v) is 6.57. The summed E-state index contributed by atoms with van der Waals surface area (Å²) < 4.78 is 5.30. The Hall–Kier alpha value is -1.36. The number of likely N-dealkylation sites (tertiary alicyclic amines) is 1. The number of rotatable bonds is 4. The average Bonchev–Trinajstić information content (AvgIpc) is 2.96. The van der Waals surface area contributed by atoms with Gasteiger partial charge in [-0.25, -0.2) is 0 Å². The average molecular weight is 251 g/mol. The third kappa shape index (κ3) is 2.56. The maximum atomic E-state index is 12.3. The van der Waals surface area contributed by atoms with Gasteiger partial charge in [0.1, 0.15) is 0 Å². The van der Waals surface area contributed by atoms with Crippen LogP contribution in [0.5, 0.6) is 0 Å². The zero-order valence-corrected chi connectivity index (χ0v) is 11.1. The number of amides is 1. The first-order valence-electron chi connectivity index (χ1n) is 6.57. The molecule has 1 aliphatic rings.